The second-order valence-corrected chi connectivity index (χ2v) is 6.99. The lowest BCUT2D eigenvalue weighted by Crippen LogP contribution is -2.94. The van der Waals surface area contributed by atoms with Crippen LogP contribution in [0.3, 0.4) is 0 Å². The van der Waals surface area contributed by atoms with E-state index in [1.807, 2.05) is 5.32 Å². The number of amidine groups is 1. The van der Waals surface area contributed by atoms with Crippen LogP contribution >= 0.6 is 11.8 Å². The number of hydrogen-bond acceptors (Lipinski definition) is 5. The van der Waals surface area contributed by atoms with Gasteiger partial charge in [-0.3, -0.25) is 5.32 Å². The van der Waals surface area contributed by atoms with Crippen LogP contribution < -0.4 is 10.6 Å². The van der Waals surface area contributed by atoms with E-state index in [0.717, 1.165) is 18.3 Å². The Kier molecular flexibility index (Phi) is 4.64. The highest BCUT2D eigenvalue weighted by molar-refractivity contribution is 8.14. The Morgan fingerprint density at radius 3 is 2.80 bits per heavy atom. The largest absolute Gasteiger partial charge is 0.388 e. The van der Waals surface area contributed by atoms with Crippen molar-refractivity contribution in [3.63, 3.8) is 0 Å². The summed E-state index contributed by atoms with van der Waals surface area (Å²) in [6.07, 6.45) is 1.87. The van der Waals surface area contributed by atoms with Crippen molar-refractivity contribution in [3.8, 4) is 0 Å². The minimum absolute atomic E-state index is 0.147. The van der Waals surface area contributed by atoms with Crippen LogP contribution in [0.2, 0.25) is 0 Å². The monoisotopic (exact) mass is 303 g/mol. The highest BCUT2D eigenvalue weighted by Crippen LogP contribution is 2.34. The topological polar surface area (TPSA) is 95.3 Å². The molecule has 0 amide bonds. The Morgan fingerprint density at radius 2 is 2.15 bits per heavy atom. The third kappa shape index (κ3) is 2.88. The summed E-state index contributed by atoms with van der Waals surface area (Å²) in [6, 6.07) is 0.352. The van der Waals surface area contributed by atoms with Gasteiger partial charge in [-0.2, -0.15) is 0 Å². The Morgan fingerprint density at radius 1 is 1.35 bits per heavy atom. The van der Waals surface area contributed by atoms with E-state index in [1.165, 1.54) is 19.3 Å². The highest BCUT2D eigenvalue weighted by Gasteiger charge is 2.49. The minimum Gasteiger partial charge on any atom is -0.388 e. The van der Waals surface area contributed by atoms with Gasteiger partial charge >= 0.3 is 0 Å². The van der Waals surface area contributed by atoms with Gasteiger partial charge in [0.15, 0.2) is 0 Å². The summed E-state index contributed by atoms with van der Waals surface area (Å²) in [5, 5.41) is 25.7. The second kappa shape index (κ2) is 6.29. The molecule has 3 rings (SSSR count). The van der Waals surface area contributed by atoms with Gasteiger partial charge in [-0.1, -0.05) is 0 Å². The Hall–Kier alpha value is -0.180. The summed E-state index contributed by atoms with van der Waals surface area (Å²) in [6.45, 7) is 3.70. The maximum atomic E-state index is 10.3. The van der Waals surface area contributed by atoms with Crippen molar-refractivity contribution < 1.29 is 25.6 Å². The molecule has 5 atom stereocenters. The molecule has 20 heavy (non-hydrogen) atoms. The number of nitrogens with two attached hydrogens (primary N) is 2. The summed E-state index contributed by atoms with van der Waals surface area (Å²) < 4.78 is 5.98. The molecule has 1 saturated carbocycles. The van der Waals surface area contributed by atoms with E-state index in [1.54, 1.807) is 11.8 Å². The van der Waals surface area contributed by atoms with Gasteiger partial charge in [-0.05, 0) is 37.9 Å². The average molecular weight is 303 g/mol. The number of fused-ring (bicyclic) bond motifs is 1. The lowest BCUT2D eigenvalue weighted by molar-refractivity contribution is -0.705. The fourth-order valence-electron chi connectivity index (χ4n) is 2.92. The Bertz CT molecular complexity index is 378. The number of aliphatic imine (C=N–C) groups is 1. The summed E-state index contributed by atoms with van der Waals surface area (Å²) in [5.41, 5.74) is -0.147. The van der Waals surface area contributed by atoms with Crippen LogP contribution in [0.5, 0.6) is 0 Å². The quantitative estimate of drug-likeness (QED) is 0.466. The van der Waals surface area contributed by atoms with Gasteiger partial charge in [-0.15, -0.1) is 0 Å². The fraction of sp³-hybridized carbons (Fsp3) is 0.923. The molecule has 3 aliphatic rings. The summed E-state index contributed by atoms with van der Waals surface area (Å²) in [7, 11) is 0. The van der Waals surface area contributed by atoms with Crippen molar-refractivity contribution in [1.82, 2.24) is 0 Å². The zero-order valence-electron chi connectivity index (χ0n) is 11.8. The van der Waals surface area contributed by atoms with Gasteiger partial charge < -0.3 is 20.3 Å². The molecule has 0 spiro atoms. The first-order valence-electron chi connectivity index (χ1n) is 7.61. The van der Waals surface area contributed by atoms with E-state index in [-0.39, 0.29) is 17.6 Å². The van der Waals surface area contributed by atoms with E-state index >= 15 is 0 Å². The molecule has 0 unspecified atom stereocenters. The number of ether oxygens (including phenoxy) is 1. The first-order chi connectivity index (χ1) is 9.69. The van der Waals surface area contributed by atoms with E-state index in [4.69, 9.17) is 4.74 Å². The van der Waals surface area contributed by atoms with Crippen molar-refractivity contribution in [2.24, 2.45) is 4.99 Å². The molecule has 6 N–H and O–H groups in total. The zero-order valence-corrected chi connectivity index (χ0v) is 12.6. The normalized spacial score (nSPS) is 41.1. The van der Waals surface area contributed by atoms with Crippen molar-refractivity contribution in [2.75, 3.05) is 13.1 Å². The predicted octanol–water partition coefficient (Wildman–Crippen LogP) is -2.40. The van der Waals surface area contributed by atoms with Crippen LogP contribution in [-0.4, -0.2) is 64.3 Å². The molecule has 2 heterocycles. The van der Waals surface area contributed by atoms with Gasteiger partial charge in [-0.25, -0.2) is 4.99 Å². The number of rotatable bonds is 4. The molecule has 114 valence electrons. The van der Waals surface area contributed by atoms with Crippen LogP contribution in [0, 0.1) is 0 Å². The number of aliphatic hydroxyl groups is 2. The lowest BCUT2D eigenvalue weighted by atomic mass is 9.92. The zero-order chi connectivity index (χ0) is 14.1. The summed E-state index contributed by atoms with van der Waals surface area (Å²) in [5.74, 6) is 0. The molecule has 0 aromatic carbocycles. The first-order valence-corrected chi connectivity index (χ1v) is 8.49. The standard InChI is InChI=1S/C13H23N3O3S/c1-2-14-13-16-9-11(18)10(17)8(19-12(9)20-13)6-15-7-4-3-5-7/h7-12,15,17-18H,2-6H2,1H3,(H,14,16)/p+2/t8-,9-,10-,11-,12-/m1/s1. The molecule has 0 aromatic heterocycles. The van der Waals surface area contributed by atoms with E-state index in [0.29, 0.717) is 6.04 Å². The number of hydrogen-bond donors (Lipinski definition) is 4. The van der Waals surface area contributed by atoms with E-state index in [2.05, 4.69) is 17.2 Å². The van der Waals surface area contributed by atoms with E-state index < -0.39 is 12.2 Å². The smallest absolute Gasteiger partial charge is 0.258 e. The minimum atomic E-state index is -0.835. The molecule has 1 aliphatic carbocycles. The summed E-state index contributed by atoms with van der Waals surface area (Å²) >= 11 is 1.57. The maximum Gasteiger partial charge on any atom is 0.258 e. The molecule has 6 nitrogen and oxygen atoms in total. The van der Waals surface area contributed by atoms with Crippen molar-refractivity contribution in [1.29, 1.82) is 0 Å². The molecule has 7 heteroatoms. The first kappa shape index (κ1) is 14.7. The molecule has 0 radical (unpaired) electrons. The maximum absolute atomic E-state index is 10.3. The van der Waals surface area contributed by atoms with Crippen molar-refractivity contribution in [2.45, 2.75) is 62.0 Å². The SMILES string of the molecule is CC[NH2+]C1=N[C@@H]2[C@@H](O)[C@H](O)[C@@H](C[NH2+]C3CCC3)O[C@@H]2S1. The van der Waals surface area contributed by atoms with Gasteiger partial charge in [0.2, 0.25) is 0 Å². The third-order valence-electron chi connectivity index (χ3n) is 4.41. The molecule has 2 aliphatic heterocycles. The third-order valence-corrected chi connectivity index (χ3v) is 5.55. The highest BCUT2D eigenvalue weighted by atomic mass is 32.2. The van der Waals surface area contributed by atoms with Crippen LogP contribution in [0.1, 0.15) is 26.2 Å². The van der Waals surface area contributed by atoms with Crippen LogP contribution in [0.15, 0.2) is 4.99 Å². The fourth-order valence-corrected chi connectivity index (χ4v) is 4.16. The van der Waals surface area contributed by atoms with Gasteiger partial charge in [0.25, 0.3) is 5.17 Å². The van der Waals surface area contributed by atoms with Crippen LogP contribution in [-0.2, 0) is 4.74 Å². The Labute approximate surface area is 123 Å². The second-order valence-electron chi connectivity index (χ2n) is 5.87. The van der Waals surface area contributed by atoms with E-state index in [9.17, 15) is 10.2 Å². The van der Waals surface area contributed by atoms with Gasteiger partial charge in [0, 0.05) is 0 Å². The number of thioether (sulfide) groups is 1. The van der Waals surface area contributed by atoms with Crippen molar-refractivity contribution >= 4 is 16.9 Å². The molecule has 2 fully saturated rings. The predicted molar refractivity (Wildman–Crippen MR) is 76.4 cm³/mol. The molecule has 0 aromatic rings. The molecular formula is C13H25N3O3S+2. The number of quaternary nitrogens is 2. The molecule has 0 bridgehead atoms. The number of aliphatic hydroxyl groups excluding tert-OH is 2. The van der Waals surface area contributed by atoms with Gasteiger partial charge in [0.1, 0.15) is 36.3 Å². The Balaban J connectivity index is 1.57. The van der Waals surface area contributed by atoms with Crippen molar-refractivity contribution in [3.05, 3.63) is 0 Å². The molecule has 1 saturated heterocycles. The van der Waals surface area contributed by atoms with Gasteiger partial charge in [0.05, 0.1) is 12.6 Å². The average Bonchev–Trinajstić information content (AvgIpc) is 2.77. The van der Waals surface area contributed by atoms with Crippen LogP contribution in [0.25, 0.3) is 0 Å². The number of nitrogens with zero attached hydrogens (tertiary/aromatic N) is 1. The molecular weight excluding hydrogens is 278 g/mol. The van der Waals surface area contributed by atoms with Crippen LogP contribution in [0.4, 0.5) is 0 Å². The summed E-state index contributed by atoms with van der Waals surface area (Å²) in [4.78, 5) is 4.47. The lowest BCUT2D eigenvalue weighted by Gasteiger charge is -2.38.